The Kier molecular flexibility index (Phi) is 4.12. The van der Waals surface area contributed by atoms with Gasteiger partial charge in [0.2, 0.25) is 5.91 Å². The zero-order valence-corrected chi connectivity index (χ0v) is 14.3. The molecule has 1 aromatic heterocycles. The number of nitrogens with one attached hydrogen (secondary N) is 2. The minimum atomic E-state index is -0.532. The zero-order chi connectivity index (χ0) is 16.6. The van der Waals surface area contributed by atoms with Crippen molar-refractivity contribution < 1.29 is 4.79 Å². The van der Waals surface area contributed by atoms with Crippen molar-refractivity contribution in [2.75, 3.05) is 26.7 Å². The fourth-order valence-corrected chi connectivity index (χ4v) is 3.20. The van der Waals surface area contributed by atoms with Crippen molar-refractivity contribution >= 4 is 16.8 Å². The van der Waals surface area contributed by atoms with Gasteiger partial charge < -0.3 is 15.5 Å². The first-order valence-electron chi connectivity index (χ1n) is 8.04. The van der Waals surface area contributed by atoms with Crippen LogP contribution in [-0.2, 0) is 17.4 Å². The van der Waals surface area contributed by atoms with Gasteiger partial charge in [0, 0.05) is 32.1 Å². The smallest absolute Gasteiger partial charge is 0.239 e. The van der Waals surface area contributed by atoms with Gasteiger partial charge in [0.25, 0.3) is 0 Å². The number of aromatic nitrogens is 2. The van der Waals surface area contributed by atoms with Crippen LogP contribution in [0.2, 0.25) is 0 Å². The molecule has 0 aliphatic carbocycles. The van der Waals surface area contributed by atoms with E-state index in [0.717, 1.165) is 36.2 Å². The topological polar surface area (TPSA) is 62.2 Å². The summed E-state index contributed by atoms with van der Waals surface area (Å²) in [5.41, 5.74) is 1.43. The molecule has 2 heterocycles. The normalized spacial score (nSPS) is 19.9. The number of rotatable bonds is 3. The lowest BCUT2D eigenvalue weighted by Crippen LogP contribution is -2.58. The Morgan fingerprint density at radius 2 is 2.09 bits per heavy atom. The number of hydrogen-bond acceptors (Lipinski definition) is 4. The van der Waals surface area contributed by atoms with Crippen LogP contribution in [0.15, 0.2) is 24.3 Å². The maximum atomic E-state index is 12.6. The molecule has 6 heteroatoms. The van der Waals surface area contributed by atoms with Gasteiger partial charge in [-0.1, -0.05) is 18.2 Å². The molecule has 0 spiro atoms. The second-order valence-corrected chi connectivity index (χ2v) is 6.87. The van der Waals surface area contributed by atoms with Gasteiger partial charge in [0.05, 0.1) is 22.8 Å². The van der Waals surface area contributed by atoms with Gasteiger partial charge in [-0.05, 0) is 27.0 Å². The number of amides is 1. The number of aryl methyl sites for hydroxylation is 1. The summed E-state index contributed by atoms with van der Waals surface area (Å²) in [5.74, 6) is 0.0243. The molecule has 3 rings (SSSR count). The molecule has 23 heavy (non-hydrogen) atoms. The zero-order valence-electron chi connectivity index (χ0n) is 14.3. The highest BCUT2D eigenvalue weighted by Gasteiger charge is 2.32. The first-order chi connectivity index (χ1) is 10.9. The second kappa shape index (κ2) is 5.94. The Labute approximate surface area is 136 Å². The molecule has 1 aliphatic heterocycles. The number of piperazine rings is 1. The number of hydrogen-bond donors (Lipinski definition) is 2. The maximum Gasteiger partial charge on any atom is 0.239 e. The molecule has 0 bridgehead atoms. The van der Waals surface area contributed by atoms with Crippen molar-refractivity contribution in [3.8, 4) is 0 Å². The van der Waals surface area contributed by atoms with E-state index in [9.17, 15) is 4.79 Å². The largest absolute Gasteiger partial charge is 0.344 e. The third kappa shape index (κ3) is 3.09. The summed E-state index contributed by atoms with van der Waals surface area (Å²) in [6.07, 6.45) is 0. The van der Waals surface area contributed by atoms with Gasteiger partial charge in [-0.3, -0.25) is 9.48 Å². The van der Waals surface area contributed by atoms with Gasteiger partial charge in [-0.2, -0.15) is 5.10 Å². The number of benzene rings is 1. The third-order valence-corrected chi connectivity index (χ3v) is 4.48. The van der Waals surface area contributed by atoms with E-state index in [1.807, 2.05) is 50.8 Å². The lowest BCUT2D eigenvalue weighted by Gasteiger charge is -2.33. The molecule has 124 valence electrons. The Hall–Kier alpha value is -1.92. The van der Waals surface area contributed by atoms with Crippen molar-refractivity contribution in [1.29, 1.82) is 0 Å². The van der Waals surface area contributed by atoms with E-state index in [4.69, 9.17) is 0 Å². The lowest BCUT2D eigenvalue weighted by molar-refractivity contribution is -0.125. The summed E-state index contributed by atoms with van der Waals surface area (Å²) >= 11 is 0. The summed E-state index contributed by atoms with van der Waals surface area (Å²) in [6, 6.07) is 7.92. The Bertz CT molecular complexity index is 721. The van der Waals surface area contributed by atoms with Crippen LogP contribution in [0.4, 0.5) is 0 Å². The fraction of sp³-hybridized carbons (Fsp3) is 0.529. The summed E-state index contributed by atoms with van der Waals surface area (Å²) in [4.78, 5) is 14.8. The summed E-state index contributed by atoms with van der Waals surface area (Å²) < 4.78 is 1.87. The van der Waals surface area contributed by atoms with Crippen LogP contribution in [0.3, 0.4) is 0 Å². The number of para-hydroxylation sites is 1. The van der Waals surface area contributed by atoms with Crippen LogP contribution in [0, 0.1) is 0 Å². The molecule has 1 atom stereocenters. The van der Waals surface area contributed by atoms with Gasteiger partial charge in [0.15, 0.2) is 0 Å². The molecule has 1 amide bonds. The van der Waals surface area contributed by atoms with E-state index in [1.165, 1.54) is 0 Å². The van der Waals surface area contributed by atoms with Crippen LogP contribution in [0.5, 0.6) is 0 Å². The predicted octanol–water partition coefficient (Wildman–Crippen LogP) is 0.828. The number of likely N-dealkylation sites (N-methyl/N-ethyl adjacent to an activating group) is 1. The Morgan fingerprint density at radius 1 is 1.35 bits per heavy atom. The molecular formula is C17H25N5O. The Balaban J connectivity index is 1.84. The maximum absolute atomic E-state index is 12.6. The van der Waals surface area contributed by atoms with Gasteiger partial charge in [0.1, 0.15) is 0 Å². The number of carbonyl (C=O) groups is 1. The highest BCUT2D eigenvalue weighted by Crippen LogP contribution is 2.27. The van der Waals surface area contributed by atoms with Crippen LogP contribution < -0.4 is 10.6 Å². The lowest BCUT2D eigenvalue weighted by atomic mass is 9.96. The van der Waals surface area contributed by atoms with Gasteiger partial charge >= 0.3 is 0 Å². The quantitative estimate of drug-likeness (QED) is 0.881. The van der Waals surface area contributed by atoms with Crippen molar-refractivity contribution in [3.63, 3.8) is 0 Å². The number of fused-ring (bicyclic) bond motifs is 1. The molecule has 1 aromatic carbocycles. The van der Waals surface area contributed by atoms with Crippen LogP contribution >= 0.6 is 0 Å². The third-order valence-electron chi connectivity index (χ3n) is 4.48. The first kappa shape index (κ1) is 16.0. The van der Waals surface area contributed by atoms with Crippen molar-refractivity contribution in [3.05, 3.63) is 30.0 Å². The first-order valence-corrected chi connectivity index (χ1v) is 8.04. The molecule has 1 fully saturated rings. The minimum absolute atomic E-state index is 0.0243. The predicted molar refractivity (Wildman–Crippen MR) is 91.2 cm³/mol. The average molecular weight is 315 g/mol. The van der Waals surface area contributed by atoms with Crippen molar-refractivity contribution in [2.24, 2.45) is 7.05 Å². The summed E-state index contributed by atoms with van der Waals surface area (Å²) in [7, 11) is 3.97. The summed E-state index contributed by atoms with van der Waals surface area (Å²) in [6.45, 7) is 6.54. The van der Waals surface area contributed by atoms with Crippen molar-refractivity contribution in [1.82, 2.24) is 25.3 Å². The van der Waals surface area contributed by atoms with E-state index >= 15 is 0 Å². The summed E-state index contributed by atoms with van der Waals surface area (Å²) in [5, 5.41) is 12.2. The van der Waals surface area contributed by atoms with Gasteiger partial charge in [-0.25, -0.2) is 0 Å². The standard InChI is InChI=1S/C17H25N5O/c1-17(2,19-16(23)13-11-21(3)10-9-18-13)15-12-7-5-6-8-14(12)22(4)20-15/h5-8,13,18H,9-11H2,1-4H3,(H,19,23)/t13-/m0/s1. The second-order valence-electron chi connectivity index (χ2n) is 6.87. The molecular weight excluding hydrogens is 290 g/mol. The Morgan fingerprint density at radius 3 is 2.83 bits per heavy atom. The molecule has 6 nitrogen and oxygen atoms in total. The fourth-order valence-electron chi connectivity index (χ4n) is 3.20. The number of carbonyl (C=O) groups excluding carboxylic acids is 1. The highest BCUT2D eigenvalue weighted by atomic mass is 16.2. The number of nitrogens with zero attached hydrogens (tertiary/aromatic N) is 3. The van der Waals surface area contributed by atoms with E-state index in [2.05, 4.69) is 26.7 Å². The highest BCUT2D eigenvalue weighted by molar-refractivity contribution is 5.86. The van der Waals surface area contributed by atoms with E-state index in [1.54, 1.807) is 0 Å². The minimum Gasteiger partial charge on any atom is -0.344 e. The monoisotopic (exact) mass is 315 g/mol. The van der Waals surface area contributed by atoms with Crippen LogP contribution in [0.1, 0.15) is 19.5 Å². The van der Waals surface area contributed by atoms with Gasteiger partial charge in [-0.15, -0.1) is 0 Å². The van der Waals surface area contributed by atoms with E-state index in [0.29, 0.717) is 0 Å². The van der Waals surface area contributed by atoms with E-state index in [-0.39, 0.29) is 11.9 Å². The molecule has 0 saturated carbocycles. The van der Waals surface area contributed by atoms with Crippen LogP contribution in [0.25, 0.3) is 10.9 Å². The molecule has 2 N–H and O–H groups in total. The SMILES string of the molecule is CN1CCN[C@H](C(=O)NC(C)(C)c2nn(C)c3ccccc23)C1. The van der Waals surface area contributed by atoms with E-state index < -0.39 is 5.54 Å². The molecule has 1 saturated heterocycles. The average Bonchev–Trinajstić information content (AvgIpc) is 2.85. The molecule has 0 radical (unpaired) electrons. The van der Waals surface area contributed by atoms with Crippen LogP contribution in [-0.4, -0.2) is 53.3 Å². The molecule has 1 aliphatic rings. The van der Waals surface area contributed by atoms with Crippen molar-refractivity contribution in [2.45, 2.75) is 25.4 Å². The molecule has 0 unspecified atom stereocenters. The molecule has 2 aromatic rings.